The SMILES string of the molecule is O=C(CC1CNC1)Nc1ccccc1Oc1ccccc1. The van der Waals surface area contributed by atoms with Crippen LogP contribution >= 0.6 is 0 Å². The maximum Gasteiger partial charge on any atom is 0.224 e. The summed E-state index contributed by atoms with van der Waals surface area (Å²) in [5.74, 6) is 1.89. The van der Waals surface area contributed by atoms with Crippen LogP contribution in [-0.4, -0.2) is 19.0 Å². The Morgan fingerprint density at radius 2 is 1.81 bits per heavy atom. The summed E-state index contributed by atoms with van der Waals surface area (Å²) in [6.45, 7) is 1.85. The molecule has 21 heavy (non-hydrogen) atoms. The molecule has 1 aliphatic heterocycles. The first kappa shape index (κ1) is 13.6. The molecular weight excluding hydrogens is 264 g/mol. The standard InChI is InChI=1S/C17H18N2O2/c20-17(10-13-11-18-12-13)19-15-8-4-5-9-16(15)21-14-6-2-1-3-7-14/h1-9,13,18H,10-12H2,(H,19,20). The van der Waals surface area contributed by atoms with Gasteiger partial charge in [0, 0.05) is 6.42 Å². The number of hydrogen-bond acceptors (Lipinski definition) is 3. The van der Waals surface area contributed by atoms with Crippen LogP contribution in [0.3, 0.4) is 0 Å². The minimum atomic E-state index is 0.0330. The zero-order valence-electron chi connectivity index (χ0n) is 11.7. The molecule has 1 aliphatic rings. The summed E-state index contributed by atoms with van der Waals surface area (Å²) < 4.78 is 5.83. The molecule has 0 unspecified atom stereocenters. The largest absolute Gasteiger partial charge is 0.455 e. The second kappa shape index (κ2) is 6.41. The second-order valence-electron chi connectivity index (χ2n) is 5.19. The van der Waals surface area contributed by atoms with Crippen LogP contribution in [0.25, 0.3) is 0 Å². The predicted octanol–water partition coefficient (Wildman–Crippen LogP) is 3.03. The third kappa shape index (κ3) is 3.61. The molecule has 0 atom stereocenters. The Balaban J connectivity index is 1.68. The van der Waals surface area contributed by atoms with E-state index in [0.717, 1.165) is 18.8 Å². The van der Waals surface area contributed by atoms with E-state index in [1.165, 1.54) is 0 Å². The number of anilines is 1. The summed E-state index contributed by atoms with van der Waals surface area (Å²) in [4.78, 5) is 12.0. The Kier molecular flexibility index (Phi) is 4.17. The Hall–Kier alpha value is -2.33. The average molecular weight is 282 g/mol. The lowest BCUT2D eigenvalue weighted by molar-refractivity contribution is -0.117. The predicted molar refractivity (Wildman–Crippen MR) is 82.6 cm³/mol. The molecule has 1 saturated heterocycles. The fourth-order valence-corrected chi connectivity index (χ4v) is 2.23. The summed E-state index contributed by atoms with van der Waals surface area (Å²) in [6, 6.07) is 17.0. The molecule has 0 bridgehead atoms. The number of nitrogens with one attached hydrogen (secondary N) is 2. The first-order valence-electron chi connectivity index (χ1n) is 7.14. The van der Waals surface area contributed by atoms with E-state index >= 15 is 0 Å². The normalized spacial score (nSPS) is 14.3. The van der Waals surface area contributed by atoms with Gasteiger partial charge in [-0.2, -0.15) is 0 Å². The van der Waals surface area contributed by atoms with E-state index < -0.39 is 0 Å². The monoisotopic (exact) mass is 282 g/mol. The molecule has 0 spiro atoms. The van der Waals surface area contributed by atoms with Gasteiger partial charge in [0.2, 0.25) is 5.91 Å². The molecule has 2 aromatic rings. The van der Waals surface area contributed by atoms with E-state index in [0.29, 0.717) is 23.8 Å². The molecule has 108 valence electrons. The van der Waals surface area contributed by atoms with Crippen LogP contribution < -0.4 is 15.4 Å². The van der Waals surface area contributed by atoms with Crippen LogP contribution in [0, 0.1) is 5.92 Å². The lowest BCUT2D eigenvalue weighted by Crippen LogP contribution is -2.43. The Morgan fingerprint density at radius 3 is 2.52 bits per heavy atom. The number of carbonyl (C=O) groups is 1. The Bertz CT molecular complexity index is 609. The quantitative estimate of drug-likeness (QED) is 0.886. The van der Waals surface area contributed by atoms with E-state index in [4.69, 9.17) is 4.74 Å². The highest BCUT2D eigenvalue weighted by Gasteiger charge is 2.20. The molecule has 1 amide bonds. The lowest BCUT2D eigenvalue weighted by Gasteiger charge is -2.26. The van der Waals surface area contributed by atoms with Gasteiger partial charge in [0.1, 0.15) is 5.75 Å². The fourth-order valence-electron chi connectivity index (χ4n) is 2.23. The number of rotatable bonds is 5. The summed E-state index contributed by atoms with van der Waals surface area (Å²) >= 11 is 0. The van der Waals surface area contributed by atoms with Gasteiger partial charge in [-0.05, 0) is 43.3 Å². The van der Waals surface area contributed by atoms with Gasteiger partial charge in [0.15, 0.2) is 5.75 Å². The highest BCUT2D eigenvalue weighted by atomic mass is 16.5. The van der Waals surface area contributed by atoms with Crippen molar-refractivity contribution in [2.24, 2.45) is 5.92 Å². The van der Waals surface area contributed by atoms with Crippen molar-refractivity contribution in [2.45, 2.75) is 6.42 Å². The lowest BCUT2D eigenvalue weighted by atomic mass is 9.99. The highest BCUT2D eigenvalue weighted by molar-refractivity contribution is 5.92. The molecule has 1 fully saturated rings. The van der Waals surface area contributed by atoms with Gasteiger partial charge in [-0.25, -0.2) is 0 Å². The van der Waals surface area contributed by atoms with Crippen LogP contribution in [0.4, 0.5) is 5.69 Å². The summed E-state index contributed by atoms with van der Waals surface area (Å²) in [7, 11) is 0. The topological polar surface area (TPSA) is 50.4 Å². The van der Waals surface area contributed by atoms with Crippen LogP contribution in [0.5, 0.6) is 11.5 Å². The molecule has 0 saturated carbocycles. The smallest absolute Gasteiger partial charge is 0.224 e. The van der Waals surface area contributed by atoms with Crippen LogP contribution in [0.2, 0.25) is 0 Å². The highest BCUT2D eigenvalue weighted by Crippen LogP contribution is 2.29. The van der Waals surface area contributed by atoms with Gasteiger partial charge in [-0.3, -0.25) is 4.79 Å². The number of carbonyl (C=O) groups excluding carboxylic acids is 1. The Morgan fingerprint density at radius 1 is 1.10 bits per heavy atom. The van der Waals surface area contributed by atoms with Gasteiger partial charge >= 0.3 is 0 Å². The fraction of sp³-hybridized carbons (Fsp3) is 0.235. The summed E-state index contributed by atoms with van der Waals surface area (Å²) in [5.41, 5.74) is 0.707. The van der Waals surface area contributed by atoms with E-state index in [1.807, 2.05) is 54.6 Å². The van der Waals surface area contributed by atoms with Crippen molar-refractivity contribution in [3.05, 3.63) is 54.6 Å². The maximum atomic E-state index is 12.0. The second-order valence-corrected chi connectivity index (χ2v) is 5.19. The van der Waals surface area contributed by atoms with E-state index in [9.17, 15) is 4.79 Å². The molecule has 2 N–H and O–H groups in total. The molecule has 2 aromatic carbocycles. The van der Waals surface area contributed by atoms with E-state index in [2.05, 4.69) is 10.6 Å². The van der Waals surface area contributed by atoms with Crippen LogP contribution in [0.15, 0.2) is 54.6 Å². The molecule has 4 nitrogen and oxygen atoms in total. The van der Waals surface area contributed by atoms with Crippen molar-refractivity contribution in [3.8, 4) is 11.5 Å². The number of amides is 1. The van der Waals surface area contributed by atoms with E-state index in [1.54, 1.807) is 0 Å². The van der Waals surface area contributed by atoms with Crippen molar-refractivity contribution >= 4 is 11.6 Å². The van der Waals surface area contributed by atoms with Crippen molar-refractivity contribution in [3.63, 3.8) is 0 Å². The summed E-state index contributed by atoms with van der Waals surface area (Å²) in [5, 5.41) is 6.11. The van der Waals surface area contributed by atoms with Crippen molar-refractivity contribution in [1.29, 1.82) is 0 Å². The van der Waals surface area contributed by atoms with Crippen LogP contribution in [0.1, 0.15) is 6.42 Å². The molecule has 4 heteroatoms. The first-order valence-corrected chi connectivity index (χ1v) is 7.14. The molecule has 3 rings (SSSR count). The molecular formula is C17H18N2O2. The third-order valence-electron chi connectivity index (χ3n) is 3.47. The number of benzene rings is 2. The third-order valence-corrected chi connectivity index (χ3v) is 3.47. The zero-order valence-corrected chi connectivity index (χ0v) is 11.7. The van der Waals surface area contributed by atoms with Gasteiger partial charge in [-0.15, -0.1) is 0 Å². The first-order chi connectivity index (χ1) is 10.3. The molecule has 1 heterocycles. The maximum absolute atomic E-state index is 12.0. The molecule has 0 radical (unpaired) electrons. The van der Waals surface area contributed by atoms with Crippen molar-refractivity contribution < 1.29 is 9.53 Å². The van der Waals surface area contributed by atoms with Gasteiger partial charge in [0.05, 0.1) is 5.69 Å². The van der Waals surface area contributed by atoms with Gasteiger partial charge < -0.3 is 15.4 Å². The molecule has 0 aliphatic carbocycles. The van der Waals surface area contributed by atoms with E-state index in [-0.39, 0.29) is 5.91 Å². The van der Waals surface area contributed by atoms with Crippen molar-refractivity contribution in [2.75, 3.05) is 18.4 Å². The molecule has 0 aromatic heterocycles. The minimum Gasteiger partial charge on any atom is -0.455 e. The van der Waals surface area contributed by atoms with Gasteiger partial charge in [-0.1, -0.05) is 30.3 Å². The van der Waals surface area contributed by atoms with Crippen LogP contribution in [-0.2, 0) is 4.79 Å². The zero-order chi connectivity index (χ0) is 14.5. The number of para-hydroxylation sites is 3. The number of hydrogen-bond donors (Lipinski definition) is 2. The minimum absolute atomic E-state index is 0.0330. The number of ether oxygens (including phenoxy) is 1. The van der Waals surface area contributed by atoms with Gasteiger partial charge in [0.25, 0.3) is 0 Å². The average Bonchev–Trinajstić information content (AvgIpc) is 2.46. The summed E-state index contributed by atoms with van der Waals surface area (Å²) in [6.07, 6.45) is 0.548. The van der Waals surface area contributed by atoms with Crippen molar-refractivity contribution in [1.82, 2.24) is 5.32 Å². The Labute approximate surface area is 124 Å².